The van der Waals surface area contributed by atoms with E-state index in [0.29, 0.717) is 17.8 Å². The monoisotopic (exact) mass is 744 g/mol. The van der Waals surface area contributed by atoms with Crippen LogP contribution in [0.5, 0.6) is 0 Å². The zero-order valence-corrected chi connectivity index (χ0v) is 34.0. The molecular formula is C55H56N2. The van der Waals surface area contributed by atoms with Crippen LogP contribution in [0, 0.1) is 11.8 Å². The van der Waals surface area contributed by atoms with Gasteiger partial charge in [0.25, 0.3) is 0 Å². The molecule has 0 fully saturated rings. The van der Waals surface area contributed by atoms with E-state index in [9.17, 15) is 0 Å². The highest BCUT2D eigenvalue weighted by molar-refractivity contribution is 5.79. The second-order valence-corrected chi connectivity index (χ2v) is 15.4. The summed E-state index contributed by atoms with van der Waals surface area (Å²) in [4.78, 5) is 4.70. The summed E-state index contributed by atoms with van der Waals surface area (Å²) in [5, 5.41) is 0. The smallest absolute Gasteiger partial charge is 0.0462 e. The van der Waals surface area contributed by atoms with Gasteiger partial charge in [0.05, 0.1) is 0 Å². The molecule has 7 rings (SSSR count). The van der Waals surface area contributed by atoms with Crippen LogP contribution in [-0.4, -0.2) is 0 Å². The van der Waals surface area contributed by atoms with Crippen molar-refractivity contribution in [2.45, 2.75) is 59.3 Å². The fourth-order valence-corrected chi connectivity index (χ4v) is 7.69. The predicted molar refractivity (Wildman–Crippen MR) is 249 cm³/mol. The Morgan fingerprint density at radius 3 is 1.33 bits per heavy atom. The molecule has 0 radical (unpaired) electrons. The number of para-hydroxylation sites is 2. The third-order valence-electron chi connectivity index (χ3n) is 11.4. The highest BCUT2D eigenvalue weighted by Gasteiger charge is 2.20. The summed E-state index contributed by atoms with van der Waals surface area (Å²) in [5.74, 6) is 1.87. The Bertz CT molecular complexity index is 2260. The fourth-order valence-electron chi connectivity index (χ4n) is 7.69. The standard InChI is InChI=1S/C55H56N2/c1-5-13-43(4)49-32-40-55(41-33-49)57(51-16-11-8-12-17-51)53-36-28-47(29-37-53)25-23-45-20-18-44(19-21-45)22-24-46-26-34-52(35-27-46)56(50-14-9-7-10-15-50)54-38-30-48(31-39-54)42(3)6-2/h7-12,14-30,32-43,48H,5-6,13,31H2,1-4H3/b24-22+,25-23+. The Morgan fingerprint density at radius 2 is 0.912 bits per heavy atom. The maximum atomic E-state index is 2.41. The number of hydrogen-bond acceptors (Lipinski definition) is 2. The van der Waals surface area contributed by atoms with Crippen LogP contribution in [0.1, 0.15) is 87.1 Å². The van der Waals surface area contributed by atoms with E-state index in [0.717, 1.165) is 29.2 Å². The predicted octanol–water partition coefficient (Wildman–Crippen LogP) is 16.0. The first-order valence-corrected chi connectivity index (χ1v) is 20.8. The number of nitrogens with zero attached hydrogens (tertiary/aromatic N) is 2. The Hall–Kier alpha value is -6.12. The first-order valence-electron chi connectivity index (χ1n) is 20.8. The van der Waals surface area contributed by atoms with Gasteiger partial charge in [0, 0.05) is 34.1 Å². The van der Waals surface area contributed by atoms with E-state index in [1.165, 1.54) is 58.5 Å². The summed E-state index contributed by atoms with van der Waals surface area (Å²) >= 11 is 0. The number of hydrogen-bond donors (Lipinski definition) is 0. The van der Waals surface area contributed by atoms with Crippen LogP contribution >= 0.6 is 0 Å². The molecule has 0 spiro atoms. The minimum absolute atomic E-state index is 0.569. The molecule has 0 aliphatic heterocycles. The maximum Gasteiger partial charge on any atom is 0.0462 e. The summed E-state index contributed by atoms with van der Waals surface area (Å²) in [6.45, 7) is 9.22. The van der Waals surface area contributed by atoms with Crippen LogP contribution in [-0.2, 0) is 0 Å². The molecule has 286 valence electrons. The summed E-state index contributed by atoms with van der Waals surface area (Å²) < 4.78 is 0. The van der Waals surface area contributed by atoms with Crippen molar-refractivity contribution in [2.75, 3.05) is 9.80 Å². The van der Waals surface area contributed by atoms with Gasteiger partial charge in [0.1, 0.15) is 0 Å². The van der Waals surface area contributed by atoms with Crippen molar-refractivity contribution in [1.29, 1.82) is 0 Å². The first kappa shape index (κ1) is 39.1. The van der Waals surface area contributed by atoms with Crippen LogP contribution in [0.15, 0.2) is 182 Å². The van der Waals surface area contributed by atoms with Gasteiger partial charge in [-0.2, -0.15) is 0 Å². The SMILES string of the molecule is CCCC(C)c1ccc(N(c2ccccc2)c2ccc(/C=C/c3ccc(/C=C/c4ccc(N(C5=CCC(C(C)CC)C=C5)c5ccccc5)cc4)cc3)cc2)cc1. The van der Waals surface area contributed by atoms with Gasteiger partial charge in [0.2, 0.25) is 0 Å². The van der Waals surface area contributed by atoms with Gasteiger partial charge in [-0.05, 0) is 125 Å². The van der Waals surface area contributed by atoms with Crippen LogP contribution < -0.4 is 9.80 Å². The van der Waals surface area contributed by atoms with Crippen LogP contribution in [0.3, 0.4) is 0 Å². The molecule has 2 nitrogen and oxygen atoms in total. The number of rotatable bonds is 15. The molecule has 1 aliphatic carbocycles. The third-order valence-corrected chi connectivity index (χ3v) is 11.4. The fraction of sp³-hybridized carbons (Fsp3) is 0.200. The largest absolute Gasteiger partial charge is 0.311 e. The zero-order chi connectivity index (χ0) is 39.4. The Labute approximate surface area is 341 Å². The van der Waals surface area contributed by atoms with E-state index in [1.54, 1.807) is 0 Å². The Balaban J connectivity index is 1.000. The molecule has 2 heteroatoms. The molecule has 6 aromatic carbocycles. The van der Waals surface area contributed by atoms with Crippen molar-refractivity contribution in [2.24, 2.45) is 11.8 Å². The van der Waals surface area contributed by atoms with Gasteiger partial charge in [-0.15, -0.1) is 0 Å². The van der Waals surface area contributed by atoms with E-state index < -0.39 is 0 Å². The van der Waals surface area contributed by atoms with Gasteiger partial charge < -0.3 is 9.80 Å². The zero-order valence-electron chi connectivity index (χ0n) is 34.0. The second-order valence-electron chi connectivity index (χ2n) is 15.4. The van der Waals surface area contributed by atoms with Gasteiger partial charge >= 0.3 is 0 Å². The van der Waals surface area contributed by atoms with Crippen molar-refractivity contribution in [3.8, 4) is 0 Å². The Morgan fingerprint density at radius 1 is 0.509 bits per heavy atom. The molecule has 3 atom stereocenters. The molecule has 0 saturated heterocycles. The molecule has 0 aromatic heterocycles. The quantitative estimate of drug-likeness (QED) is 0.0966. The molecule has 0 heterocycles. The lowest BCUT2D eigenvalue weighted by molar-refractivity contribution is 0.416. The minimum Gasteiger partial charge on any atom is -0.311 e. The maximum absolute atomic E-state index is 2.41. The van der Waals surface area contributed by atoms with Crippen molar-refractivity contribution in [1.82, 2.24) is 0 Å². The topological polar surface area (TPSA) is 6.48 Å². The molecule has 3 unspecified atom stereocenters. The van der Waals surface area contributed by atoms with Crippen molar-refractivity contribution in [3.63, 3.8) is 0 Å². The molecule has 0 saturated carbocycles. The lowest BCUT2D eigenvalue weighted by atomic mass is 9.86. The van der Waals surface area contributed by atoms with Crippen LogP contribution in [0.2, 0.25) is 0 Å². The highest BCUT2D eigenvalue weighted by Crippen LogP contribution is 2.37. The van der Waals surface area contributed by atoms with Crippen molar-refractivity contribution in [3.05, 3.63) is 209 Å². The molecule has 0 bridgehead atoms. The molecule has 1 aliphatic rings. The van der Waals surface area contributed by atoms with Gasteiger partial charge in [-0.1, -0.05) is 174 Å². The summed E-state index contributed by atoms with van der Waals surface area (Å²) in [6, 6.07) is 56.9. The molecule has 6 aromatic rings. The Kier molecular flexibility index (Phi) is 13.1. The lowest BCUT2D eigenvalue weighted by Crippen LogP contribution is -2.19. The summed E-state index contributed by atoms with van der Waals surface area (Å²) in [7, 11) is 0. The third kappa shape index (κ3) is 10.0. The summed E-state index contributed by atoms with van der Waals surface area (Å²) in [5.41, 5.74) is 13.1. The van der Waals surface area contributed by atoms with E-state index in [1.807, 2.05) is 0 Å². The average molecular weight is 745 g/mol. The van der Waals surface area contributed by atoms with Crippen LogP contribution in [0.4, 0.5) is 28.4 Å². The van der Waals surface area contributed by atoms with Gasteiger partial charge in [-0.25, -0.2) is 0 Å². The normalized spacial score (nSPS) is 15.1. The number of benzene rings is 6. The van der Waals surface area contributed by atoms with E-state index in [2.05, 4.69) is 238 Å². The highest BCUT2D eigenvalue weighted by atomic mass is 15.1. The second kappa shape index (κ2) is 19.2. The number of allylic oxidation sites excluding steroid dienone is 3. The molecular weight excluding hydrogens is 689 g/mol. The minimum atomic E-state index is 0.569. The van der Waals surface area contributed by atoms with E-state index >= 15 is 0 Å². The van der Waals surface area contributed by atoms with Crippen molar-refractivity contribution < 1.29 is 0 Å². The first-order chi connectivity index (χ1) is 28.0. The van der Waals surface area contributed by atoms with Crippen molar-refractivity contribution >= 4 is 52.7 Å². The molecule has 0 amide bonds. The lowest BCUT2D eigenvalue weighted by Gasteiger charge is -2.30. The van der Waals surface area contributed by atoms with Gasteiger partial charge in [-0.3, -0.25) is 0 Å². The summed E-state index contributed by atoms with van der Waals surface area (Å²) in [6.07, 6.45) is 20.6. The molecule has 57 heavy (non-hydrogen) atoms. The number of anilines is 5. The van der Waals surface area contributed by atoms with Gasteiger partial charge in [0.15, 0.2) is 0 Å². The molecule has 0 N–H and O–H groups in total. The average Bonchev–Trinajstić information content (AvgIpc) is 3.27. The van der Waals surface area contributed by atoms with Crippen LogP contribution in [0.25, 0.3) is 24.3 Å². The van der Waals surface area contributed by atoms with E-state index in [-0.39, 0.29) is 0 Å². The van der Waals surface area contributed by atoms with E-state index in [4.69, 9.17) is 0 Å².